The molecule has 3 amide bonds. The fraction of sp³-hybridized carbons (Fsp3) is 0.333. The molecule has 1 aromatic heterocycles. The second-order valence-corrected chi connectivity index (χ2v) is 7.14. The van der Waals surface area contributed by atoms with Crippen molar-refractivity contribution in [2.24, 2.45) is 5.73 Å². The van der Waals surface area contributed by atoms with Gasteiger partial charge in [-0.05, 0) is 55.3 Å². The molecule has 0 unspecified atom stereocenters. The maximum atomic E-state index is 12.7. The maximum Gasteiger partial charge on any atom is 0.316 e. The molecule has 2 heterocycles. The molecule has 1 aliphatic heterocycles. The third-order valence-corrected chi connectivity index (χ3v) is 5.39. The van der Waals surface area contributed by atoms with E-state index in [1.165, 1.54) is 11.3 Å². The molecule has 0 bridgehead atoms. The molecule has 1 aromatic carbocycles. The van der Waals surface area contributed by atoms with Crippen molar-refractivity contribution in [3.8, 4) is 16.2 Å². The Labute approximate surface area is 155 Å². The van der Waals surface area contributed by atoms with Crippen molar-refractivity contribution in [3.05, 3.63) is 35.2 Å². The molecule has 0 saturated carbocycles. The molecule has 7 nitrogen and oxygen atoms in total. The molecule has 0 aliphatic carbocycles. The fourth-order valence-electron chi connectivity index (χ4n) is 2.91. The molecule has 1 aliphatic rings. The van der Waals surface area contributed by atoms with Gasteiger partial charge in [-0.3, -0.25) is 4.79 Å². The average Bonchev–Trinajstić information content (AvgIpc) is 3.06. The Kier molecular flexibility index (Phi) is 5.75. The Hall–Kier alpha value is -2.58. The number of methoxy groups -OCH3 is 1. The second-order valence-electron chi connectivity index (χ2n) is 6.09. The lowest BCUT2D eigenvalue weighted by Crippen LogP contribution is -2.45. The van der Waals surface area contributed by atoms with Crippen LogP contribution in [0.15, 0.2) is 30.3 Å². The number of carbonyl (C=O) groups is 2. The van der Waals surface area contributed by atoms with E-state index < -0.39 is 6.03 Å². The summed E-state index contributed by atoms with van der Waals surface area (Å²) in [5, 5.41) is 8.85. The van der Waals surface area contributed by atoms with Crippen molar-refractivity contribution in [1.82, 2.24) is 10.6 Å². The minimum Gasteiger partial charge on any atom is -0.497 e. The number of hydrogen-bond acceptors (Lipinski definition) is 5. The van der Waals surface area contributed by atoms with E-state index in [2.05, 4.69) is 16.0 Å². The highest BCUT2D eigenvalue weighted by molar-refractivity contribution is 7.18. The minimum atomic E-state index is -0.697. The van der Waals surface area contributed by atoms with Gasteiger partial charge in [0.25, 0.3) is 5.91 Å². The number of thiophene rings is 1. The Balaban J connectivity index is 1.85. The van der Waals surface area contributed by atoms with Crippen molar-refractivity contribution in [2.45, 2.75) is 18.9 Å². The summed E-state index contributed by atoms with van der Waals surface area (Å²) in [4.78, 5) is 25.3. The Morgan fingerprint density at radius 1 is 1.31 bits per heavy atom. The Morgan fingerprint density at radius 3 is 2.69 bits per heavy atom. The van der Waals surface area contributed by atoms with Gasteiger partial charge in [0.2, 0.25) is 0 Å². The summed E-state index contributed by atoms with van der Waals surface area (Å²) in [7, 11) is 1.61. The molecular formula is C18H22N4O3S. The molecule has 8 heteroatoms. The number of piperidine rings is 1. The third kappa shape index (κ3) is 4.33. The highest BCUT2D eigenvalue weighted by Crippen LogP contribution is 2.35. The minimum absolute atomic E-state index is 0.0872. The van der Waals surface area contributed by atoms with Crippen molar-refractivity contribution >= 4 is 29.0 Å². The van der Waals surface area contributed by atoms with E-state index in [0.717, 1.165) is 42.1 Å². The smallest absolute Gasteiger partial charge is 0.316 e. The first-order chi connectivity index (χ1) is 12.6. The molecule has 26 heavy (non-hydrogen) atoms. The lowest BCUT2D eigenvalue weighted by Gasteiger charge is -2.23. The predicted octanol–water partition coefficient (Wildman–Crippen LogP) is 2.40. The summed E-state index contributed by atoms with van der Waals surface area (Å²) in [6, 6.07) is 8.68. The summed E-state index contributed by atoms with van der Waals surface area (Å²) in [5.74, 6) is 0.552. The first kappa shape index (κ1) is 18.2. The van der Waals surface area contributed by atoms with Gasteiger partial charge in [0.15, 0.2) is 0 Å². The SMILES string of the molecule is COc1ccc(-c2cc(NC(N)=O)c(C(=O)N[C@H]3CCCNC3)s2)cc1. The number of ether oxygens (including phenoxy) is 1. The van der Waals surface area contributed by atoms with Crippen molar-refractivity contribution < 1.29 is 14.3 Å². The highest BCUT2D eigenvalue weighted by Gasteiger charge is 2.22. The first-order valence-corrected chi connectivity index (χ1v) is 9.25. The van der Waals surface area contributed by atoms with Gasteiger partial charge in [-0.1, -0.05) is 0 Å². The van der Waals surface area contributed by atoms with Crippen LogP contribution >= 0.6 is 11.3 Å². The number of urea groups is 1. The van der Waals surface area contributed by atoms with Crippen LogP contribution in [0.5, 0.6) is 5.75 Å². The Morgan fingerprint density at radius 2 is 2.08 bits per heavy atom. The molecule has 2 aromatic rings. The van der Waals surface area contributed by atoms with Gasteiger partial charge >= 0.3 is 6.03 Å². The second kappa shape index (κ2) is 8.20. The number of rotatable bonds is 5. The maximum absolute atomic E-state index is 12.7. The highest BCUT2D eigenvalue weighted by atomic mass is 32.1. The predicted molar refractivity (Wildman–Crippen MR) is 103 cm³/mol. The van der Waals surface area contributed by atoms with Crippen LogP contribution in [-0.2, 0) is 0 Å². The molecule has 138 valence electrons. The number of primary amides is 1. The lowest BCUT2D eigenvalue weighted by molar-refractivity contribution is 0.0935. The molecule has 0 radical (unpaired) electrons. The van der Waals surface area contributed by atoms with Crippen molar-refractivity contribution in [1.29, 1.82) is 0 Å². The van der Waals surface area contributed by atoms with Gasteiger partial charge in [0, 0.05) is 17.5 Å². The number of carbonyl (C=O) groups excluding carboxylic acids is 2. The van der Waals surface area contributed by atoms with E-state index in [9.17, 15) is 9.59 Å². The van der Waals surface area contributed by atoms with Crippen LogP contribution in [0, 0.1) is 0 Å². The largest absolute Gasteiger partial charge is 0.497 e. The molecule has 1 saturated heterocycles. The third-order valence-electron chi connectivity index (χ3n) is 4.20. The molecule has 1 fully saturated rings. The van der Waals surface area contributed by atoms with Crippen molar-refractivity contribution in [3.63, 3.8) is 0 Å². The van der Waals surface area contributed by atoms with E-state index in [0.29, 0.717) is 10.6 Å². The summed E-state index contributed by atoms with van der Waals surface area (Å²) in [6.07, 6.45) is 1.97. The fourth-order valence-corrected chi connectivity index (χ4v) is 3.93. The molecule has 5 N–H and O–H groups in total. The zero-order chi connectivity index (χ0) is 18.5. The summed E-state index contributed by atoms with van der Waals surface area (Å²) >= 11 is 1.32. The van der Waals surface area contributed by atoms with Gasteiger partial charge in [-0.15, -0.1) is 11.3 Å². The number of benzene rings is 1. The first-order valence-electron chi connectivity index (χ1n) is 8.43. The van der Waals surface area contributed by atoms with Crippen LogP contribution < -0.4 is 26.4 Å². The molecule has 0 spiro atoms. The average molecular weight is 374 g/mol. The number of hydrogen-bond donors (Lipinski definition) is 4. The summed E-state index contributed by atoms with van der Waals surface area (Å²) < 4.78 is 5.17. The zero-order valence-corrected chi connectivity index (χ0v) is 15.3. The van der Waals surface area contributed by atoms with E-state index >= 15 is 0 Å². The number of nitrogens with one attached hydrogen (secondary N) is 3. The topological polar surface area (TPSA) is 105 Å². The van der Waals surface area contributed by atoms with E-state index in [4.69, 9.17) is 10.5 Å². The number of anilines is 1. The van der Waals surface area contributed by atoms with Gasteiger partial charge in [-0.2, -0.15) is 0 Å². The van der Waals surface area contributed by atoms with Gasteiger partial charge in [-0.25, -0.2) is 4.79 Å². The summed E-state index contributed by atoms with van der Waals surface area (Å²) in [5.41, 5.74) is 6.62. The van der Waals surface area contributed by atoms with Crippen LogP contribution in [0.4, 0.5) is 10.5 Å². The zero-order valence-electron chi connectivity index (χ0n) is 14.5. The molecular weight excluding hydrogens is 352 g/mol. The van der Waals surface area contributed by atoms with Crippen LogP contribution in [0.3, 0.4) is 0 Å². The van der Waals surface area contributed by atoms with Gasteiger partial charge < -0.3 is 26.4 Å². The van der Waals surface area contributed by atoms with E-state index in [1.54, 1.807) is 13.2 Å². The monoisotopic (exact) mass is 374 g/mol. The van der Waals surface area contributed by atoms with Gasteiger partial charge in [0.05, 0.1) is 12.8 Å². The molecule has 1 atom stereocenters. The van der Waals surface area contributed by atoms with E-state index in [-0.39, 0.29) is 11.9 Å². The Bertz CT molecular complexity index is 782. The van der Waals surface area contributed by atoms with Crippen LogP contribution in [0.2, 0.25) is 0 Å². The quantitative estimate of drug-likeness (QED) is 0.645. The standard InChI is InChI=1S/C18H22N4O3S/c1-25-13-6-4-11(5-7-13)15-9-14(22-18(19)24)16(26-15)17(23)21-12-3-2-8-20-10-12/h4-7,9,12,20H,2-3,8,10H2,1H3,(H,21,23)(H3,19,22,24)/t12-/m0/s1. The van der Waals surface area contributed by atoms with Crippen molar-refractivity contribution in [2.75, 3.05) is 25.5 Å². The lowest BCUT2D eigenvalue weighted by atomic mass is 10.1. The van der Waals surface area contributed by atoms with Crippen LogP contribution in [-0.4, -0.2) is 38.2 Å². The number of amides is 3. The normalized spacial score (nSPS) is 16.7. The summed E-state index contributed by atoms with van der Waals surface area (Å²) in [6.45, 7) is 1.72. The van der Waals surface area contributed by atoms with Crippen LogP contribution in [0.25, 0.3) is 10.4 Å². The number of nitrogens with two attached hydrogens (primary N) is 1. The molecule has 3 rings (SSSR count). The van der Waals surface area contributed by atoms with Gasteiger partial charge in [0.1, 0.15) is 10.6 Å². The van der Waals surface area contributed by atoms with Crippen LogP contribution in [0.1, 0.15) is 22.5 Å². The van der Waals surface area contributed by atoms with E-state index in [1.807, 2.05) is 24.3 Å².